The quantitative estimate of drug-likeness (QED) is 0.329. The Labute approximate surface area is 194 Å². The van der Waals surface area contributed by atoms with Crippen LogP contribution in [0, 0.1) is 0 Å². The summed E-state index contributed by atoms with van der Waals surface area (Å²) in [7, 11) is -0.510. The lowest BCUT2D eigenvalue weighted by atomic mass is 10.1. The molecule has 0 saturated carbocycles. The fourth-order valence-electron chi connectivity index (χ4n) is 3.61. The molecular formula is C25H27N2O5S+. The number of nitrogens with zero attached hydrogens (tertiary/aromatic N) is 2. The molecular weight excluding hydrogens is 440 g/mol. The van der Waals surface area contributed by atoms with Crippen LogP contribution in [-0.2, 0) is 24.5 Å². The maximum absolute atomic E-state index is 8.74. The molecule has 0 aliphatic rings. The molecule has 0 radical (unpaired) electrons. The summed E-state index contributed by atoms with van der Waals surface area (Å²) in [6.45, 7) is 2.10. The monoisotopic (exact) mass is 467 g/mol. The largest absolute Gasteiger partial charge is 0.477 e. The Hall–Kier alpha value is -3.46. The molecule has 33 heavy (non-hydrogen) atoms. The molecule has 4 rings (SSSR count). The van der Waals surface area contributed by atoms with E-state index in [0.717, 1.165) is 33.8 Å². The fraction of sp³-hybridized carbons (Fsp3) is 0.160. The highest BCUT2D eigenvalue weighted by molar-refractivity contribution is 7.79. The van der Waals surface area contributed by atoms with Gasteiger partial charge in [0.05, 0.1) is 12.6 Å². The van der Waals surface area contributed by atoms with Crippen molar-refractivity contribution in [3.63, 3.8) is 0 Å². The minimum absolute atomic E-state index is 0.0616. The Morgan fingerprint density at radius 3 is 1.73 bits per heavy atom. The number of aromatic nitrogens is 2. The highest BCUT2D eigenvalue weighted by atomic mass is 32.3. The minimum Gasteiger partial charge on any atom is -0.477 e. The Balaban J connectivity index is 0.000000555. The molecule has 0 saturated heterocycles. The molecule has 172 valence electrons. The first-order valence-electron chi connectivity index (χ1n) is 10.3. The van der Waals surface area contributed by atoms with E-state index in [4.69, 9.17) is 22.3 Å². The van der Waals surface area contributed by atoms with Crippen molar-refractivity contribution in [1.29, 1.82) is 0 Å². The van der Waals surface area contributed by atoms with Crippen LogP contribution in [0.4, 0.5) is 0 Å². The molecule has 1 atom stereocenters. The first-order chi connectivity index (χ1) is 15.7. The van der Waals surface area contributed by atoms with Crippen molar-refractivity contribution in [3.8, 4) is 28.3 Å². The number of ether oxygens (including phenoxy) is 1. The van der Waals surface area contributed by atoms with Gasteiger partial charge in [0, 0.05) is 5.56 Å². The van der Waals surface area contributed by atoms with Gasteiger partial charge in [0.25, 0.3) is 5.69 Å². The lowest BCUT2D eigenvalue weighted by Gasteiger charge is -2.15. The van der Waals surface area contributed by atoms with Gasteiger partial charge in [-0.25, -0.2) is 0 Å². The summed E-state index contributed by atoms with van der Waals surface area (Å²) < 4.78 is 42.5. The van der Waals surface area contributed by atoms with Crippen molar-refractivity contribution in [2.75, 3.05) is 0 Å². The molecule has 0 fully saturated rings. The molecule has 0 amide bonds. The van der Waals surface area contributed by atoms with Crippen LogP contribution in [0.25, 0.3) is 22.5 Å². The van der Waals surface area contributed by atoms with Gasteiger partial charge in [0.1, 0.15) is 6.10 Å². The van der Waals surface area contributed by atoms with Crippen LogP contribution in [0.1, 0.15) is 18.6 Å². The zero-order chi connectivity index (χ0) is 24.0. The molecule has 0 bridgehead atoms. The second kappa shape index (κ2) is 10.4. The molecule has 4 aromatic rings. The highest BCUT2D eigenvalue weighted by Crippen LogP contribution is 2.39. The van der Waals surface area contributed by atoms with E-state index in [0.29, 0.717) is 0 Å². The van der Waals surface area contributed by atoms with Crippen molar-refractivity contribution in [2.24, 2.45) is 14.1 Å². The molecule has 0 aliphatic heterocycles. The Bertz CT molecular complexity index is 1220. The first-order valence-corrected chi connectivity index (χ1v) is 11.7. The number of rotatable bonds is 5. The summed E-state index contributed by atoms with van der Waals surface area (Å²) in [6.07, 6.45) is -0.0616. The van der Waals surface area contributed by atoms with E-state index in [1.807, 2.05) is 18.2 Å². The van der Waals surface area contributed by atoms with Crippen LogP contribution in [0.15, 0.2) is 91.0 Å². The lowest BCUT2D eigenvalue weighted by molar-refractivity contribution is -0.740. The van der Waals surface area contributed by atoms with E-state index in [1.165, 1.54) is 0 Å². The summed E-state index contributed by atoms with van der Waals surface area (Å²) >= 11 is 0. The van der Waals surface area contributed by atoms with Gasteiger partial charge in [-0.2, -0.15) is 13.1 Å². The van der Waals surface area contributed by atoms with Crippen molar-refractivity contribution < 1.29 is 26.9 Å². The van der Waals surface area contributed by atoms with Gasteiger partial charge in [0.2, 0.25) is 5.75 Å². The summed E-state index contributed by atoms with van der Waals surface area (Å²) in [5.74, 6) is 0.902. The van der Waals surface area contributed by atoms with Crippen LogP contribution in [0.2, 0.25) is 0 Å². The zero-order valence-electron chi connectivity index (χ0n) is 18.7. The molecule has 8 heteroatoms. The van der Waals surface area contributed by atoms with Gasteiger partial charge in [0.15, 0.2) is 12.7 Å². The van der Waals surface area contributed by atoms with Crippen LogP contribution < -0.4 is 9.42 Å². The number of hydrogen-bond acceptors (Lipinski definition) is 3. The molecule has 1 unspecified atom stereocenters. The zero-order valence-corrected chi connectivity index (χ0v) is 19.5. The Morgan fingerprint density at radius 1 is 0.818 bits per heavy atom. The second-order valence-electron chi connectivity index (χ2n) is 7.42. The van der Waals surface area contributed by atoms with Gasteiger partial charge in [-0.05, 0) is 24.6 Å². The number of benzene rings is 3. The van der Waals surface area contributed by atoms with Gasteiger partial charge in [-0.1, -0.05) is 78.9 Å². The average molecular weight is 468 g/mol. The molecule has 7 nitrogen and oxygen atoms in total. The van der Waals surface area contributed by atoms with Crippen LogP contribution in [0.5, 0.6) is 5.75 Å². The summed E-state index contributed by atoms with van der Waals surface area (Å²) in [5, 5.41) is 0. The van der Waals surface area contributed by atoms with Crippen LogP contribution in [-0.4, -0.2) is 22.2 Å². The van der Waals surface area contributed by atoms with E-state index in [-0.39, 0.29) is 6.10 Å². The predicted octanol–water partition coefficient (Wildman–Crippen LogP) is 4.67. The molecule has 1 heterocycles. The SMILES string of the molecule is CC(Oc1c(-c2ccccc2)n(C)[n+](C)c1-c1ccccc1)c1ccccc1.O=S(=O)(O)O. The molecule has 2 N–H and O–H groups in total. The van der Waals surface area contributed by atoms with E-state index >= 15 is 0 Å². The lowest BCUT2D eigenvalue weighted by Crippen LogP contribution is -2.39. The van der Waals surface area contributed by atoms with Gasteiger partial charge < -0.3 is 4.74 Å². The third-order valence-electron chi connectivity index (χ3n) is 5.19. The molecule has 0 aliphatic carbocycles. The minimum atomic E-state index is -4.67. The predicted molar refractivity (Wildman–Crippen MR) is 127 cm³/mol. The van der Waals surface area contributed by atoms with Crippen LogP contribution >= 0.6 is 0 Å². The number of hydrogen-bond donors (Lipinski definition) is 2. The Morgan fingerprint density at radius 2 is 1.24 bits per heavy atom. The Kier molecular flexibility index (Phi) is 7.65. The maximum atomic E-state index is 8.74. The standard InChI is InChI=1S/C25H25N2O.H2O4S/c1-19(20-13-7-4-8-14-20)28-25-23(21-15-9-5-10-16-21)26(2)27(3)24(25)22-17-11-6-12-18-22;1-5(2,3)4/h4-19H,1-3H3;(H2,1,2,3,4)/q+1;. The van der Waals surface area contributed by atoms with Gasteiger partial charge in [-0.15, -0.1) is 4.68 Å². The van der Waals surface area contributed by atoms with E-state index < -0.39 is 10.4 Å². The first kappa shape index (κ1) is 24.2. The molecule has 1 aromatic heterocycles. The normalized spacial score (nSPS) is 11.9. The smallest absolute Gasteiger partial charge is 0.394 e. The van der Waals surface area contributed by atoms with Crippen molar-refractivity contribution in [1.82, 2.24) is 4.68 Å². The summed E-state index contributed by atoms with van der Waals surface area (Å²) in [5.41, 5.74) is 5.58. The van der Waals surface area contributed by atoms with Crippen molar-refractivity contribution in [3.05, 3.63) is 96.6 Å². The second-order valence-corrected chi connectivity index (χ2v) is 8.32. The van der Waals surface area contributed by atoms with Crippen molar-refractivity contribution >= 4 is 10.4 Å². The van der Waals surface area contributed by atoms with Crippen molar-refractivity contribution in [2.45, 2.75) is 13.0 Å². The summed E-state index contributed by atoms with van der Waals surface area (Å²) in [6, 6.07) is 31.2. The molecule has 0 spiro atoms. The third kappa shape index (κ3) is 6.29. The van der Waals surface area contributed by atoms with E-state index in [2.05, 4.69) is 103 Å². The molecule has 3 aromatic carbocycles. The van der Waals surface area contributed by atoms with E-state index in [1.54, 1.807) is 0 Å². The van der Waals surface area contributed by atoms with Gasteiger partial charge >= 0.3 is 10.4 Å². The van der Waals surface area contributed by atoms with Crippen LogP contribution in [0.3, 0.4) is 0 Å². The van der Waals surface area contributed by atoms with E-state index in [9.17, 15) is 0 Å². The summed E-state index contributed by atoms with van der Waals surface area (Å²) in [4.78, 5) is 0. The fourth-order valence-corrected chi connectivity index (χ4v) is 3.61. The maximum Gasteiger partial charge on any atom is 0.394 e. The average Bonchev–Trinajstić information content (AvgIpc) is 3.04. The third-order valence-corrected chi connectivity index (χ3v) is 5.19. The topological polar surface area (TPSA) is 92.6 Å². The highest BCUT2D eigenvalue weighted by Gasteiger charge is 2.31. The van der Waals surface area contributed by atoms with Gasteiger partial charge in [-0.3, -0.25) is 9.11 Å².